The first-order chi connectivity index (χ1) is 9.58. The Hall–Kier alpha value is -1.15. The highest BCUT2D eigenvalue weighted by Crippen LogP contribution is 2.26. The number of anilines is 1. The van der Waals surface area contributed by atoms with Crippen LogP contribution in [0.2, 0.25) is 0 Å². The Morgan fingerprint density at radius 2 is 2.20 bits per heavy atom. The Labute approximate surface area is 119 Å². The van der Waals surface area contributed by atoms with Crippen molar-refractivity contribution in [2.24, 2.45) is 0 Å². The second kappa shape index (κ2) is 6.53. The van der Waals surface area contributed by atoms with E-state index >= 15 is 0 Å². The normalized spacial score (nSPS) is 20.1. The first-order valence-electron chi connectivity index (χ1n) is 6.64. The highest BCUT2D eigenvalue weighted by Gasteiger charge is 2.25. The van der Waals surface area contributed by atoms with Gasteiger partial charge in [-0.15, -0.1) is 0 Å². The molecule has 1 aliphatic heterocycles. The lowest BCUT2D eigenvalue weighted by Gasteiger charge is -2.34. The largest absolute Gasteiger partial charge is 0.394 e. The molecule has 1 heterocycles. The maximum Gasteiger partial charge on any atom is 0.242 e. The van der Waals surface area contributed by atoms with Crippen LogP contribution in [-0.4, -0.2) is 52.5 Å². The van der Waals surface area contributed by atoms with E-state index in [1.165, 1.54) is 0 Å². The number of hydrogen-bond acceptors (Lipinski definition) is 5. The van der Waals surface area contributed by atoms with E-state index in [0.29, 0.717) is 31.9 Å². The van der Waals surface area contributed by atoms with Gasteiger partial charge in [0.25, 0.3) is 0 Å². The van der Waals surface area contributed by atoms with E-state index in [9.17, 15) is 13.5 Å². The van der Waals surface area contributed by atoms with Crippen molar-refractivity contribution >= 4 is 15.7 Å². The molecule has 1 aromatic rings. The molecule has 20 heavy (non-hydrogen) atoms. The first kappa shape index (κ1) is 15.2. The minimum atomic E-state index is -3.51. The Kier molecular flexibility index (Phi) is 4.98. The van der Waals surface area contributed by atoms with Gasteiger partial charge in [0.1, 0.15) is 4.90 Å². The molecule has 1 atom stereocenters. The number of aliphatic hydroxyl groups excluding tert-OH is 1. The molecule has 2 N–H and O–H groups in total. The topological polar surface area (TPSA) is 78.9 Å². The third-order valence-electron chi connectivity index (χ3n) is 3.17. The lowest BCUT2D eigenvalue weighted by molar-refractivity contribution is 0.00343. The van der Waals surface area contributed by atoms with E-state index in [-0.39, 0.29) is 17.6 Å². The molecule has 0 spiro atoms. The van der Waals surface area contributed by atoms with Gasteiger partial charge in [-0.3, -0.25) is 0 Å². The van der Waals surface area contributed by atoms with Crippen molar-refractivity contribution in [1.29, 1.82) is 0 Å². The second-order valence-corrected chi connectivity index (χ2v) is 6.33. The molecule has 0 radical (unpaired) electrons. The quantitative estimate of drug-likeness (QED) is 0.811. The Morgan fingerprint density at radius 1 is 1.45 bits per heavy atom. The van der Waals surface area contributed by atoms with Crippen molar-refractivity contribution < 1.29 is 18.3 Å². The van der Waals surface area contributed by atoms with Crippen LogP contribution in [0.5, 0.6) is 0 Å². The van der Waals surface area contributed by atoms with E-state index in [1.807, 2.05) is 11.0 Å². The highest BCUT2D eigenvalue weighted by atomic mass is 32.2. The van der Waals surface area contributed by atoms with E-state index in [0.717, 1.165) is 0 Å². The molecule has 0 amide bonds. The van der Waals surface area contributed by atoms with Gasteiger partial charge in [0.15, 0.2) is 0 Å². The van der Waals surface area contributed by atoms with Gasteiger partial charge in [0, 0.05) is 19.6 Å². The smallest absolute Gasteiger partial charge is 0.242 e. The fourth-order valence-corrected chi connectivity index (χ4v) is 3.53. The Morgan fingerprint density at radius 3 is 2.90 bits per heavy atom. The summed E-state index contributed by atoms with van der Waals surface area (Å²) in [4.78, 5) is 2.20. The van der Waals surface area contributed by atoms with E-state index in [1.54, 1.807) is 25.1 Å². The average Bonchev–Trinajstić information content (AvgIpc) is 2.47. The molecule has 2 rings (SSSR count). The summed E-state index contributed by atoms with van der Waals surface area (Å²) in [6, 6.07) is 6.89. The summed E-state index contributed by atoms with van der Waals surface area (Å²) in [6.45, 7) is 3.58. The minimum Gasteiger partial charge on any atom is -0.394 e. The van der Waals surface area contributed by atoms with Crippen molar-refractivity contribution in [3.05, 3.63) is 24.3 Å². The van der Waals surface area contributed by atoms with Crippen LogP contribution in [0.1, 0.15) is 6.92 Å². The number of sulfonamides is 1. The summed E-state index contributed by atoms with van der Waals surface area (Å²) in [5.74, 6) is 0. The molecule has 1 aromatic carbocycles. The average molecular weight is 300 g/mol. The van der Waals surface area contributed by atoms with E-state index in [4.69, 9.17) is 4.74 Å². The fourth-order valence-electron chi connectivity index (χ4n) is 2.26. The van der Waals surface area contributed by atoms with Crippen LogP contribution in [0.3, 0.4) is 0 Å². The number of nitrogens with zero attached hydrogens (tertiary/aromatic N) is 1. The van der Waals surface area contributed by atoms with E-state index in [2.05, 4.69) is 4.72 Å². The van der Waals surface area contributed by atoms with Crippen LogP contribution in [0, 0.1) is 0 Å². The summed E-state index contributed by atoms with van der Waals surface area (Å²) >= 11 is 0. The van der Waals surface area contributed by atoms with Crippen LogP contribution in [0.15, 0.2) is 29.2 Å². The van der Waals surface area contributed by atoms with Crippen LogP contribution in [0.25, 0.3) is 0 Å². The van der Waals surface area contributed by atoms with E-state index < -0.39 is 10.0 Å². The first-order valence-corrected chi connectivity index (χ1v) is 8.13. The Balaban J connectivity index is 2.33. The van der Waals surface area contributed by atoms with Gasteiger partial charge in [0.2, 0.25) is 10.0 Å². The Bertz CT molecular complexity index is 547. The van der Waals surface area contributed by atoms with Gasteiger partial charge >= 0.3 is 0 Å². The summed E-state index contributed by atoms with van der Waals surface area (Å²) in [7, 11) is -3.51. The monoisotopic (exact) mass is 300 g/mol. The number of rotatable bonds is 5. The molecule has 1 saturated heterocycles. The maximum absolute atomic E-state index is 12.2. The van der Waals surface area contributed by atoms with Gasteiger partial charge < -0.3 is 14.7 Å². The number of hydrogen-bond donors (Lipinski definition) is 2. The SMILES string of the molecule is CCNS(=O)(=O)c1ccccc1N1CCOC(CO)C1. The number of ether oxygens (including phenoxy) is 1. The van der Waals surface area contributed by atoms with Crippen molar-refractivity contribution in [3.8, 4) is 0 Å². The minimum absolute atomic E-state index is 0.0708. The number of para-hydroxylation sites is 1. The van der Waals surface area contributed by atoms with Gasteiger partial charge in [-0.2, -0.15) is 0 Å². The molecule has 1 fully saturated rings. The third-order valence-corrected chi connectivity index (χ3v) is 4.77. The van der Waals surface area contributed by atoms with Gasteiger partial charge in [-0.05, 0) is 12.1 Å². The lowest BCUT2D eigenvalue weighted by atomic mass is 10.2. The van der Waals surface area contributed by atoms with Crippen molar-refractivity contribution in [2.45, 2.75) is 17.9 Å². The predicted molar refractivity (Wildman–Crippen MR) is 76.3 cm³/mol. The number of benzene rings is 1. The predicted octanol–water partition coefficient (Wildman–Crippen LogP) is 0.182. The van der Waals surface area contributed by atoms with Crippen LogP contribution in [-0.2, 0) is 14.8 Å². The number of aliphatic hydroxyl groups is 1. The zero-order chi connectivity index (χ0) is 14.6. The molecule has 0 aliphatic carbocycles. The van der Waals surface area contributed by atoms with Crippen molar-refractivity contribution in [2.75, 3.05) is 37.7 Å². The molecule has 0 bridgehead atoms. The third kappa shape index (κ3) is 3.29. The lowest BCUT2D eigenvalue weighted by Crippen LogP contribution is -2.44. The molecule has 112 valence electrons. The molecule has 1 unspecified atom stereocenters. The van der Waals surface area contributed by atoms with Gasteiger partial charge in [-0.1, -0.05) is 19.1 Å². The van der Waals surface area contributed by atoms with Crippen LogP contribution in [0.4, 0.5) is 5.69 Å². The number of nitrogens with one attached hydrogen (secondary N) is 1. The van der Waals surface area contributed by atoms with Gasteiger partial charge in [0.05, 0.1) is 25.0 Å². The summed E-state index contributed by atoms with van der Waals surface area (Å²) in [5, 5.41) is 9.19. The summed E-state index contributed by atoms with van der Waals surface area (Å²) in [5.41, 5.74) is 0.648. The summed E-state index contributed by atoms with van der Waals surface area (Å²) < 4.78 is 32.4. The zero-order valence-electron chi connectivity index (χ0n) is 11.4. The number of morpholine rings is 1. The fraction of sp³-hybridized carbons (Fsp3) is 0.538. The summed E-state index contributed by atoms with van der Waals surface area (Å²) in [6.07, 6.45) is -0.279. The van der Waals surface area contributed by atoms with Crippen molar-refractivity contribution in [3.63, 3.8) is 0 Å². The van der Waals surface area contributed by atoms with Crippen molar-refractivity contribution in [1.82, 2.24) is 4.72 Å². The molecular formula is C13H20N2O4S. The van der Waals surface area contributed by atoms with Crippen LogP contribution >= 0.6 is 0 Å². The molecule has 0 saturated carbocycles. The van der Waals surface area contributed by atoms with Crippen LogP contribution < -0.4 is 9.62 Å². The maximum atomic E-state index is 12.2. The molecule has 1 aliphatic rings. The molecule has 7 heteroatoms. The highest BCUT2D eigenvalue weighted by molar-refractivity contribution is 7.89. The molecule has 6 nitrogen and oxygen atoms in total. The molecule has 0 aromatic heterocycles. The second-order valence-electron chi connectivity index (χ2n) is 4.59. The zero-order valence-corrected chi connectivity index (χ0v) is 12.3. The molecular weight excluding hydrogens is 280 g/mol. The standard InChI is InChI=1S/C13H20N2O4S/c1-2-14-20(17,18)13-6-4-3-5-12(13)15-7-8-19-11(9-15)10-16/h3-6,11,14,16H,2,7-10H2,1H3. The van der Waals surface area contributed by atoms with Gasteiger partial charge in [-0.25, -0.2) is 13.1 Å².